The smallest absolute Gasteiger partial charge is 0.231 e. The zero-order valence-electron chi connectivity index (χ0n) is 24.7. The zero-order valence-corrected chi connectivity index (χ0v) is 25.5. The molecular weight excluding hydrogens is 531 g/mol. The van der Waals surface area contributed by atoms with Gasteiger partial charge in [-0.1, -0.05) is 51.5 Å². The largest absolute Gasteiger partial charge is 0.356 e. The summed E-state index contributed by atoms with van der Waals surface area (Å²) in [5.41, 5.74) is 3.92. The van der Waals surface area contributed by atoms with Gasteiger partial charge in [-0.15, -0.1) is 0 Å². The minimum absolute atomic E-state index is 0.0369. The van der Waals surface area contributed by atoms with Gasteiger partial charge in [-0.25, -0.2) is 12.8 Å². The van der Waals surface area contributed by atoms with Gasteiger partial charge in [0.1, 0.15) is 5.82 Å². The third-order valence-electron chi connectivity index (χ3n) is 6.96. The molecule has 1 heterocycles. The Balaban J connectivity index is 2.00. The van der Waals surface area contributed by atoms with Crippen LogP contribution in [0.25, 0.3) is 17.2 Å². The highest BCUT2D eigenvalue weighted by Crippen LogP contribution is 2.37. The second-order valence-corrected chi connectivity index (χ2v) is 13.2. The number of nitrogens with one attached hydrogen (secondary N) is 1. The van der Waals surface area contributed by atoms with Crippen LogP contribution in [0.5, 0.6) is 0 Å². The van der Waals surface area contributed by atoms with Crippen molar-refractivity contribution in [3.05, 3.63) is 59.4 Å². The van der Waals surface area contributed by atoms with E-state index in [-0.39, 0.29) is 36.3 Å². The molecule has 3 rings (SSSR count). The molecule has 0 unspecified atom stereocenters. The van der Waals surface area contributed by atoms with Crippen LogP contribution in [0.2, 0.25) is 0 Å². The van der Waals surface area contributed by atoms with Crippen molar-refractivity contribution < 1.29 is 27.1 Å². The van der Waals surface area contributed by atoms with Crippen LogP contribution in [0, 0.1) is 5.82 Å². The lowest BCUT2D eigenvalue weighted by Gasteiger charge is -2.39. The Kier molecular flexibility index (Phi) is 10.5. The van der Waals surface area contributed by atoms with Crippen LogP contribution in [-0.4, -0.2) is 52.2 Å². The molecule has 0 aliphatic carbocycles. The molecule has 1 fully saturated rings. The highest BCUT2D eigenvalue weighted by Gasteiger charge is 2.35. The second kappa shape index (κ2) is 13.3. The Bertz CT molecular complexity index is 1310. The van der Waals surface area contributed by atoms with E-state index in [1.807, 2.05) is 52.0 Å². The predicted octanol–water partition coefficient (Wildman–Crippen LogP) is 6.24. The molecule has 1 N–H and O–H groups in total. The average molecular weight is 575 g/mol. The fraction of sp³-hybridized carbons (Fsp3) is 0.516. The molecule has 0 saturated carbocycles. The number of hydrogen-bond acceptors (Lipinski definition) is 5. The SMILES string of the molecule is CCCCNC(=O)C[C@H]1C[C@@H](C=Cc2c(-c3ccc(F)cc3)cc(N(C)S(C)(=O)=O)cc2C(C)C)OC(C)(C)O1. The molecule has 1 aliphatic rings. The van der Waals surface area contributed by atoms with E-state index in [2.05, 4.69) is 12.2 Å². The summed E-state index contributed by atoms with van der Waals surface area (Å²) in [6, 6.07) is 9.88. The Morgan fingerprint density at radius 2 is 1.88 bits per heavy atom. The maximum Gasteiger partial charge on any atom is 0.231 e. The monoisotopic (exact) mass is 574 g/mol. The fourth-order valence-corrected chi connectivity index (χ4v) is 5.33. The van der Waals surface area contributed by atoms with Crippen molar-refractivity contribution in [2.75, 3.05) is 24.2 Å². The van der Waals surface area contributed by atoms with E-state index >= 15 is 0 Å². The number of nitrogens with zero attached hydrogens (tertiary/aromatic N) is 1. The van der Waals surface area contributed by atoms with Gasteiger partial charge in [0.2, 0.25) is 15.9 Å². The summed E-state index contributed by atoms with van der Waals surface area (Å²) < 4.78 is 52.0. The fourth-order valence-electron chi connectivity index (χ4n) is 4.84. The molecule has 220 valence electrons. The van der Waals surface area contributed by atoms with Gasteiger partial charge >= 0.3 is 0 Å². The molecule has 0 radical (unpaired) electrons. The Morgan fingerprint density at radius 3 is 2.48 bits per heavy atom. The van der Waals surface area contributed by atoms with Gasteiger partial charge in [-0.2, -0.15) is 0 Å². The number of benzene rings is 2. The third-order valence-corrected chi connectivity index (χ3v) is 8.16. The Labute approximate surface area is 238 Å². The molecule has 0 bridgehead atoms. The predicted molar refractivity (Wildman–Crippen MR) is 159 cm³/mol. The maximum atomic E-state index is 13.8. The lowest BCUT2D eigenvalue weighted by molar-refractivity contribution is -0.289. The minimum atomic E-state index is -3.49. The van der Waals surface area contributed by atoms with Gasteiger partial charge < -0.3 is 14.8 Å². The van der Waals surface area contributed by atoms with Gasteiger partial charge in [0.25, 0.3) is 0 Å². The third kappa shape index (κ3) is 8.62. The summed E-state index contributed by atoms with van der Waals surface area (Å²) >= 11 is 0. The van der Waals surface area contributed by atoms with Crippen molar-refractivity contribution in [1.29, 1.82) is 0 Å². The first-order valence-electron chi connectivity index (χ1n) is 13.9. The quantitative estimate of drug-likeness (QED) is 0.321. The van der Waals surface area contributed by atoms with E-state index in [0.717, 1.165) is 41.4 Å². The molecule has 2 aromatic rings. The number of halogens is 1. The van der Waals surface area contributed by atoms with Crippen molar-refractivity contribution in [3.63, 3.8) is 0 Å². The molecule has 2 aromatic carbocycles. The van der Waals surface area contributed by atoms with Gasteiger partial charge in [0.05, 0.1) is 30.6 Å². The van der Waals surface area contributed by atoms with Gasteiger partial charge in [0.15, 0.2) is 5.79 Å². The standard InChI is InChI=1S/C31H43FN2O5S/c1-8-9-16-33-30(35)20-26-19-25(38-31(4,5)39-26)14-15-27-28(21(2)3)17-24(34(6)40(7,36)37)18-29(27)22-10-12-23(32)13-11-22/h10-15,17-18,21,25-26H,8-9,16,19-20H2,1-7H3,(H,33,35)/t25-,26-/m1/s1. The van der Waals surface area contributed by atoms with E-state index in [1.54, 1.807) is 12.1 Å². The van der Waals surface area contributed by atoms with E-state index in [1.165, 1.54) is 23.5 Å². The number of carbonyl (C=O) groups is 1. The van der Waals surface area contributed by atoms with E-state index in [4.69, 9.17) is 9.47 Å². The summed E-state index contributed by atoms with van der Waals surface area (Å²) in [5.74, 6) is -1.19. The van der Waals surface area contributed by atoms with Crippen LogP contribution in [0.3, 0.4) is 0 Å². The van der Waals surface area contributed by atoms with Crippen LogP contribution >= 0.6 is 0 Å². The van der Waals surface area contributed by atoms with Gasteiger partial charge in [0, 0.05) is 20.0 Å². The van der Waals surface area contributed by atoms with Crippen molar-refractivity contribution in [2.24, 2.45) is 0 Å². The van der Waals surface area contributed by atoms with Crippen molar-refractivity contribution >= 4 is 27.7 Å². The normalized spacial score (nSPS) is 19.2. The van der Waals surface area contributed by atoms with Gasteiger partial charge in [-0.3, -0.25) is 9.10 Å². The Morgan fingerprint density at radius 1 is 1.20 bits per heavy atom. The first-order chi connectivity index (χ1) is 18.7. The number of sulfonamides is 1. The highest BCUT2D eigenvalue weighted by atomic mass is 32.2. The summed E-state index contributed by atoms with van der Waals surface area (Å²) in [6.45, 7) is 10.5. The van der Waals surface area contributed by atoms with E-state index in [0.29, 0.717) is 18.7 Å². The molecular formula is C31H43FN2O5S. The maximum absolute atomic E-state index is 13.8. The van der Waals surface area contributed by atoms with Crippen LogP contribution < -0.4 is 9.62 Å². The number of anilines is 1. The molecule has 7 nitrogen and oxygen atoms in total. The second-order valence-electron chi connectivity index (χ2n) is 11.2. The molecule has 40 heavy (non-hydrogen) atoms. The number of carbonyl (C=O) groups excluding carboxylic acids is 1. The van der Waals surface area contributed by atoms with Crippen molar-refractivity contribution in [3.8, 4) is 11.1 Å². The molecule has 2 atom stereocenters. The molecule has 1 amide bonds. The number of unbranched alkanes of at least 4 members (excludes halogenated alkanes) is 1. The minimum Gasteiger partial charge on any atom is -0.356 e. The summed E-state index contributed by atoms with van der Waals surface area (Å²) in [5, 5.41) is 2.95. The van der Waals surface area contributed by atoms with E-state index < -0.39 is 15.8 Å². The average Bonchev–Trinajstić information content (AvgIpc) is 2.85. The van der Waals surface area contributed by atoms with Crippen LogP contribution in [0.15, 0.2) is 42.5 Å². The lowest BCUT2D eigenvalue weighted by atomic mass is 9.88. The first kappa shape index (κ1) is 31.8. The summed E-state index contributed by atoms with van der Waals surface area (Å²) in [6.07, 6.45) is 7.23. The molecule has 1 aliphatic heterocycles. The van der Waals surface area contributed by atoms with Crippen molar-refractivity contribution in [1.82, 2.24) is 5.32 Å². The Hall–Kier alpha value is -2.75. The van der Waals surface area contributed by atoms with Gasteiger partial charge in [-0.05, 0) is 72.7 Å². The van der Waals surface area contributed by atoms with Crippen LogP contribution in [0.1, 0.15) is 77.3 Å². The van der Waals surface area contributed by atoms with Crippen LogP contribution in [0.4, 0.5) is 10.1 Å². The molecule has 0 aromatic heterocycles. The molecule has 1 saturated heterocycles. The number of amides is 1. The summed E-state index contributed by atoms with van der Waals surface area (Å²) in [7, 11) is -1.97. The van der Waals surface area contributed by atoms with Crippen molar-refractivity contribution in [2.45, 2.75) is 84.2 Å². The topological polar surface area (TPSA) is 84.9 Å². The lowest BCUT2D eigenvalue weighted by Crippen LogP contribution is -2.45. The summed E-state index contributed by atoms with van der Waals surface area (Å²) in [4.78, 5) is 12.5. The molecule has 9 heteroatoms. The molecule has 0 spiro atoms. The zero-order chi connectivity index (χ0) is 29.7. The number of ether oxygens (including phenoxy) is 2. The van der Waals surface area contributed by atoms with Crippen LogP contribution in [-0.2, 0) is 24.3 Å². The number of rotatable bonds is 11. The van der Waals surface area contributed by atoms with E-state index in [9.17, 15) is 17.6 Å². The number of hydrogen-bond donors (Lipinski definition) is 1. The highest BCUT2D eigenvalue weighted by molar-refractivity contribution is 7.92. The first-order valence-corrected chi connectivity index (χ1v) is 15.7.